The van der Waals surface area contributed by atoms with E-state index >= 15 is 0 Å². The number of carbonyl (C=O) groups excluding carboxylic acids is 1. The monoisotopic (exact) mass is 404 g/mol. The Morgan fingerprint density at radius 2 is 2.31 bits per heavy atom. The van der Waals surface area contributed by atoms with Gasteiger partial charge >= 0.3 is 0 Å². The number of hydroxylamine groups is 1. The maximum atomic E-state index is 13.6. The van der Waals surface area contributed by atoms with E-state index in [0.29, 0.717) is 18.7 Å². The van der Waals surface area contributed by atoms with E-state index in [2.05, 4.69) is 31.1 Å². The molecule has 1 amide bonds. The molecule has 1 unspecified atom stereocenters. The Labute approximate surface area is 165 Å². The quantitative estimate of drug-likeness (QED) is 0.228. The lowest BCUT2D eigenvalue weighted by atomic mass is 10.1. The summed E-state index contributed by atoms with van der Waals surface area (Å²) in [4.78, 5) is 16.7. The first-order valence-electron chi connectivity index (χ1n) is 8.81. The number of halogens is 1. The molecule has 3 rings (SSSR count). The van der Waals surface area contributed by atoms with Gasteiger partial charge in [-0.25, -0.2) is 9.02 Å². The minimum atomic E-state index is -0.345. The number of rotatable bonds is 7. The van der Waals surface area contributed by atoms with Crippen LogP contribution in [0.15, 0.2) is 32.9 Å². The van der Waals surface area contributed by atoms with Gasteiger partial charge in [-0.05, 0) is 46.4 Å². The summed E-state index contributed by atoms with van der Waals surface area (Å²) in [5.41, 5.74) is 6.52. The van der Waals surface area contributed by atoms with E-state index in [1.54, 1.807) is 20.2 Å². The highest BCUT2D eigenvalue weighted by Gasteiger charge is 2.25. The molecule has 1 aromatic heterocycles. The van der Waals surface area contributed by atoms with Crippen molar-refractivity contribution in [3.05, 3.63) is 40.8 Å². The van der Waals surface area contributed by atoms with Gasteiger partial charge in [0.1, 0.15) is 11.7 Å². The third kappa shape index (κ3) is 4.48. The van der Waals surface area contributed by atoms with Crippen LogP contribution in [0.5, 0.6) is 0 Å². The van der Waals surface area contributed by atoms with Crippen molar-refractivity contribution < 1.29 is 19.0 Å². The summed E-state index contributed by atoms with van der Waals surface area (Å²) in [7, 11) is 3.15. The van der Waals surface area contributed by atoms with E-state index < -0.39 is 0 Å². The number of aryl methyl sites for hydroxylation is 1. The standard InChI is InChI=1S/C17H21FN8O3/c1-19-22-14(26(2)9-27)8-20-16-15(24-29-25-16)17(23-28)21-13-6-4-10-3-5-11(18)7-12(10)13/h3,5,7,9,13,19,28H,4,6,8H2,1-2H3,(H,20,25)(H,21,23)/b22-14-. The number of benzene rings is 1. The molecular formula is C17H21FN8O3. The number of aliphatic imine (C=N–C) groups is 1. The fraction of sp³-hybridized carbons (Fsp3) is 0.353. The fourth-order valence-corrected chi connectivity index (χ4v) is 3.04. The minimum Gasteiger partial charge on any atom is -0.358 e. The number of nitrogens with one attached hydrogen (secondary N) is 3. The predicted molar refractivity (Wildman–Crippen MR) is 102 cm³/mol. The molecular weight excluding hydrogens is 383 g/mol. The molecule has 1 aliphatic carbocycles. The first kappa shape index (κ1) is 20.2. The van der Waals surface area contributed by atoms with Crippen LogP contribution in [0, 0.1) is 5.82 Å². The van der Waals surface area contributed by atoms with Crippen molar-refractivity contribution in [2.75, 3.05) is 26.0 Å². The zero-order chi connectivity index (χ0) is 20.8. The normalized spacial score (nSPS) is 16.3. The maximum Gasteiger partial charge on any atom is 0.214 e. The molecule has 2 aromatic rings. The Morgan fingerprint density at radius 1 is 1.48 bits per heavy atom. The Balaban J connectivity index is 1.81. The van der Waals surface area contributed by atoms with E-state index in [1.165, 1.54) is 17.0 Å². The van der Waals surface area contributed by atoms with Crippen molar-refractivity contribution in [1.82, 2.24) is 26.1 Å². The van der Waals surface area contributed by atoms with Crippen LogP contribution >= 0.6 is 0 Å². The van der Waals surface area contributed by atoms with Crippen LogP contribution in [0.1, 0.15) is 29.3 Å². The molecule has 1 aliphatic rings. The molecule has 0 fully saturated rings. The van der Waals surface area contributed by atoms with E-state index in [-0.39, 0.29) is 35.8 Å². The average molecular weight is 404 g/mol. The Morgan fingerprint density at radius 3 is 3.03 bits per heavy atom. The van der Waals surface area contributed by atoms with Crippen LogP contribution in [-0.2, 0) is 11.2 Å². The molecule has 4 N–H and O–H groups in total. The second kappa shape index (κ2) is 9.10. The SMILES string of the molecule is CN/N=C(/CNc1nonc1C(=NC1CCc2ccc(F)cc21)NO)N(C)C=O. The fourth-order valence-electron chi connectivity index (χ4n) is 3.04. The topological polar surface area (TPSA) is 140 Å². The Hall–Kier alpha value is -3.54. The van der Waals surface area contributed by atoms with Crippen LogP contribution in [0.2, 0.25) is 0 Å². The van der Waals surface area contributed by atoms with Gasteiger partial charge < -0.3 is 15.6 Å². The maximum absolute atomic E-state index is 13.6. The van der Waals surface area contributed by atoms with Crippen molar-refractivity contribution in [1.29, 1.82) is 0 Å². The molecule has 0 aliphatic heterocycles. The smallest absolute Gasteiger partial charge is 0.214 e. The third-order valence-corrected chi connectivity index (χ3v) is 4.48. The molecule has 0 saturated heterocycles. The molecule has 11 nitrogen and oxygen atoms in total. The number of amides is 1. The summed E-state index contributed by atoms with van der Waals surface area (Å²) in [6.45, 7) is 0.119. The van der Waals surface area contributed by atoms with Gasteiger partial charge in [0.25, 0.3) is 0 Å². The number of hydrogen-bond donors (Lipinski definition) is 4. The van der Waals surface area contributed by atoms with Crippen molar-refractivity contribution in [3.8, 4) is 0 Å². The summed E-state index contributed by atoms with van der Waals surface area (Å²) in [5, 5.41) is 24.1. The second-order valence-electron chi connectivity index (χ2n) is 6.27. The lowest BCUT2D eigenvalue weighted by Crippen LogP contribution is -2.33. The number of amidine groups is 2. The molecule has 0 bridgehead atoms. The van der Waals surface area contributed by atoms with Crippen LogP contribution < -0.4 is 16.2 Å². The number of hydrazone groups is 1. The summed E-state index contributed by atoms with van der Waals surface area (Å²) < 4.78 is 18.4. The molecule has 12 heteroatoms. The van der Waals surface area contributed by atoms with Gasteiger partial charge in [-0.15, -0.1) is 0 Å². The number of nitrogens with zero attached hydrogens (tertiary/aromatic N) is 5. The highest BCUT2D eigenvalue weighted by molar-refractivity contribution is 6.01. The van der Waals surface area contributed by atoms with Crippen molar-refractivity contribution in [2.45, 2.75) is 18.9 Å². The van der Waals surface area contributed by atoms with E-state index in [4.69, 9.17) is 4.63 Å². The first-order chi connectivity index (χ1) is 14.1. The van der Waals surface area contributed by atoms with Gasteiger partial charge in [0.05, 0.1) is 12.6 Å². The zero-order valence-electron chi connectivity index (χ0n) is 15.9. The van der Waals surface area contributed by atoms with Gasteiger partial charge in [-0.2, -0.15) is 5.10 Å². The summed E-state index contributed by atoms with van der Waals surface area (Å²) >= 11 is 0. The van der Waals surface area contributed by atoms with E-state index in [9.17, 15) is 14.4 Å². The second-order valence-corrected chi connectivity index (χ2v) is 6.27. The van der Waals surface area contributed by atoms with Gasteiger partial charge in [0.2, 0.25) is 12.2 Å². The molecule has 1 aromatic carbocycles. The minimum absolute atomic E-state index is 0.0201. The van der Waals surface area contributed by atoms with Gasteiger partial charge in [-0.3, -0.25) is 20.5 Å². The average Bonchev–Trinajstić information content (AvgIpc) is 3.35. The van der Waals surface area contributed by atoms with Crippen molar-refractivity contribution >= 4 is 23.9 Å². The van der Waals surface area contributed by atoms with E-state index in [0.717, 1.165) is 17.5 Å². The Kier molecular flexibility index (Phi) is 6.34. The number of hydrogen-bond acceptors (Lipinski definition) is 9. The third-order valence-electron chi connectivity index (χ3n) is 4.48. The van der Waals surface area contributed by atoms with Crippen molar-refractivity contribution in [2.24, 2.45) is 10.1 Å². The molecule has 0 radical (unpaired) electrons. The molecule has 0 spiro atoms. The largest absolute Gasteiger partial charge is 0.358 e. The first-order valence-corrected chi connectivity index (χ1v) is 8.81. The number of aromatic nitrogens is 2. The summed E-state index contributed by atoms with van der Waals surface area (Å²) in [5.74, 6) is 0.245. The van der Waals surface area contributed by atoms with Gasteiger partial charge in [-0.1, -0.05) is 6.07 Å². The summed E-state index contributed by atoms with van der Waals surface area (Å²) in [6, 6.07) is 4.26. The molecule has 1 atom stereocenters. The lowest BCUT2D eigenvalue weighted by Gasteiger charge is -2.14. The zero-order valence-corrected chi connectivity index (χ0v) is 15.9. The molecule has 154 valence electrons. The number of likely N-dealkylation sites (N-methyl/N-ethyl adjacent to an activating group) is 1. The number of anilines is 1. The van der Waals surface area contributed by atoms with Crippen molar-refractivity contribution in [3.63, 3.8) is 0 Å². The predicted octanol–water partition coefficient (Wildman–Crippen LogP) is 0.655. The van der Waals surface area contributed by atoms with Crippen LogP contribution in [-0.4, -0.2) is 59.1 Å². The summed E-state index contributed by atoms with van der Waals surface area (Å²) in [6.07, 6.45) is 2.03. The van der Waals surface area contributed by atoms with Crippen LogP contribution in [0.4, 0.5) is 10.2 Å². The molecule has 1 heterocycles. The van der Waals surface area contributed by atoms with Crippen LogP contribution in [0.25, 0.3) is 0 Å². The number of carbonyl (C=O) groups is 1. The highest BCUT2D eigenvalue weighted by atomic mass is 19.1. The highest BCUT2D eigenvalue weighted by Crippen LogP contribution is 2.35. The molecule has 0 saturated carbocycles. The Bertz CT molecular complexity index is 929. The van der Waals surface area contributed by atoms with E-state index in [1.807, 2.05) is 5.48 Å². The number of fused-ring (bicyclic) bond motifs is 1. The van der Waals surface area contributed by atoms with Gasteiger partial charge in [0.15, 0.2) is 11.5 Å². The van der Waals surface area contributed by atoms with Gasteiger partial charge in [0, 0.05) is 14.1 Å². The lowest BCUT2D eigenvalue weighted by molar-refractivity contribution is -0.114. The van der Waals surface area contributed by atoms with Crippen LogP contribution in [0.3, 0.4) is 0 Å². The molecule has 29 heavy (non-hydrogen) atoms.